The number of rotatable bonds is 1. The summed E-state index contributed by atoms with van der Waals surface area (Å²) in [5, 5.41) is 1.21. The Morgan fingerprint density at radius 3 is 2.44 bits per heavy atom. The van der Waals surface area contributed by atoms with E-state index in [0.29, 0.717) is 0 Å². The second kappa shape index (κ2) is 2.30. The van der Waals surface area contributed by atoms with E-state index in [2.05, 4.69) is 6.08 Å². The summed E-state index contributed by atoms with van der Waals surface area (Å²) in [5.74, 6) is 0. The lowest BCUT2D eigenvalue weighted by atomic mass is 10.4. The highest BCUT2D eigenvalue weighted by atomic mass is 31.2. The molecule has 0 radical (unpaired) electrons. The van der Waals surface area contributed by atoms with Gasteiger partial charge in [-0.15, -0.1) is 0 Å². The average molecular weight is 144 g/mol. The van der Waals surface area contributed by atoms with Crippen molar-refractivity contribution in [2.45, 2.75) is 19.3 Å². The third kappa shape index (κ3) is 1.69. The van der Waals surface area contributed by atoms with Gasteiger partial charge in [0.05, 0.1) is 0 Å². The minimum atomic E-state index is -1.85. The summed E-state index contributed by atoms with van der Waals surface area (Å²) in [6.07, 6.45) is 5.56. The van der Waals surface area contributed by atoms with Crippen LogP contribution in [0.2, 0.25) is 0 Å². The Morgan fingerprint density at radius 1 is 1.56 bits per heavy atom. The van der Waals surface area contributed by atoms with E-state index in [0.717, 1.165) is 12.8 Å². The lowest BCUT2D eigenvalue weighted by molar-refractivity contribution is 0.585. The Morgan fingerprint density at radius 2 is 2.22 bits per heavy atom. The molecule has 0 atom stereocenters. The van der Waals surface area contributed by atoms with Crippen LogP contribution in [0.3, 0.4) is 0 Å². The first kappa shape index (κ1) is 7.08. The molecule has 0 amide bonds. The molecule has 0 heterocycles. The van der Waals surface area contributed by atoms with E-state index in [-0.39, 0.29) is 0 Å². The fraction of sp³-hybridized carbons (Fsp3) is 0.714. The number of hydrogen-bond acceptors (Lipinski definition) is 1. The third-order valence-electron chi connectivity index (χ3n) is 1.71. The molecule has 0 aromatic rings. The Balaban J connectivity index is 2.73. The minimum Gasteiger partial charge on any atom is -0.320 e. The van der Waals surface area contributed by atoms with Crippen LogP contribution in [0.15, 0.2) is 11.4 Å². The molecule has 0 saturated heterocycles. The molecule has 0 spiro atoms. The molecule has 0 aromatic carbocycles. The van der Waals surface area contributed by atoms with Crippen LogP contribution in [0.25, 0.3) is 0 Å². The van der Waals surface area contributed by atoms with Gasteiger partial charge in [0.2, 0.25) is 0 Å². The van der Waals surface area contributed by atoms with Crippen LogP contribution < -0.4 is 0 Å². The fourth-order valence-corrected chi connectivity index (χ4v) is 2.41. The molecule has 1 rings (SSSR count). The van der Waals surface area contributed by atoms with Crippen molar-refractivity contribution in [3.8, 4) is 0 Å². The summed E-state index contributed by atoms with van der Waals surface area (Å²) < 4.78 is 11.3. The van der Waals surface area contributed by atoms with Gasteiger partial charge in [0.15, 0.2) is 0 Å². The predicted molar refractivity (Wildman–Crippen MR) is 41.4 cm³/mol. The van der Waals surface area contributed by atoms with E-state index < -0.39 is 7.14 Å². The van der Waals surface area contributed by atoms with Crippen molar-refractivity contribution in [2.24, 2.45) is 0 Å². The van der Waals surface area contributed by atoms with Gasteiger partial charge in [-0.25, -0.2) is 0 Å². The quantitative estimate of drug-likeness (QED) is 0.517. The molecule has 1 aliphatic rings. The highest BCUT2D eigenvalue weighted by Gasteiger charge is 2.16. The Kier molecular flexibility index (Phi) is 1.81. The Labute approximate surface area is 56.5 Å². The van der Waals surface area contributed by atoms with Crippen LogP contribution in [0.1, 0.15) is 19.3 Å². The minimum absolute atomic E-state index is 1.07. The molecule has 0 aromatic heterocycles. The number of hydrogen-bond donors (Lipinski definition) is 0. The lowest BCUT2D eigenvalue weighted by Crippen LogP contribution is -1.77. The Bertz CT molecular complexity index is 175. The van der Waals surface area contributed by atoms with Gasteiger partial charge in [0.25, 0.3) is 0 Å². The molecule has 1 aliphatic carbocycles. The standard InChI is InChI=1S/C7H13OP/c1-9(2,8)7-5-3-4-6-7/h5H,3-4,6H2,1-2H3. The molecule has 0 aliphatic heterocycles. The lowest BCUT2D eigenvalue weighted by Gasteiger charge is -2.05. The molecule has 0 fully saturated rings. The zero-order valence-electron chi connectivity index (χ0n) is 6.05. The van der Waals surface area contributed by atoms with E-state index in [4.69, 9.17) is 0 Å². The molecule has 2 heteroatoms. The fourth-order valence-electron chi connectivity index (χ4n) is 1.14. The molecule has 9 heavy (non-hydrogen) atoms. The maximum atomic E-state index is 11.3. The van der Waals surface area contributed by atoms with Crippen LogP contribution in [0.4, 0.5) is 0 Å². The molecular formula is C7H13OP. The topological polar surface area (TPSA) is 17.1 Å². The molecule has 52 valence electrons. The van der Waals surface area contributed by atoms with Gasteiger partial charge < -0.3 is 4.57 Å². The third-order valence-corrected chi connectivity index (χ3v) is 3.50. The molecule has 0 N–H and O–H groups in total. The van der Waals surface area contributed by atoms with Gasteiger partial charge in [0, 0.05) is 0 Å². The average Bonchev–Trinajstić information content (AvgIpc) is 2.08. The van der Waals surface area contributed by atoms with Gasteiger partial charge in [0.1, 0.15) is 7.14 Å². The largest absolute Gasteiger partial charge is 0.320 e. The van der Waals surface area contributed by atoms with E-state index in [1.165, 1.54) is 11.7 Å². The van der Waals surface area contributed by atoms with Crippen LogP contribution in [-0.4, -0.2) is 13.3 Å². The van der Waals surface area contributed by atoms with Crippen molar-refractivity contribution in [3.05, 3.63) is 11.4 Å². The van der Waals surface area contributed by atoms with Crippen molar-refractivity contribution < 1.29 is 4.57 Å². The molecule has 0 bridgehead atoms. The summed E-state index contributed by atoms with van der Waals surface area (Å²) in [7, 11) is -1.85. The highest BCUT2D eigenvalue weighted by Crippen LogP contribution is 2.50. The summed E-state index contributed by atoms with van der Waals surface area (Å²) in [6, 6.07) is 0. The van der Waals surface area contributed by atoms with Gasteiger partial charge in [-0.2, -0.15) is 0 Å². The monoisotopic (exact) mass is 144 g/mol. The maximum absolute atomic E-state index is 11.3. The zero-order chi connectivity index (χ0) is 6.91. The SMILES string of the molecule is CP(C)(=O)C1=CCCC1. The summed E-state index contributed by atoms with van der Waals surface area (Å²) in [5.41, 5.74) is 0. The van der Waals surface area contributed by atoms with Gasteiger partial charge in [-0.05, 0) is 37.9 Å². The van der Waals surface area contributed by atoms with Gasteiger partial charge >= 0.3 is 0 Å². The van der Waals surface area contributed by atoms with E-state index in [1.807, 2.05) is 13.3 Å². The first-order valence-electron chi connectivity index (χ1n) is 3.35. The van der Waals surface area contributed by atoms with Crippen LogP contribution in [0.5, 0.6) is 0 Å². The van der Waals surface area contributed by atoms with E-state index in [9.17, 15) is 4.57 Å². The van der Waals surface area contributed by atoms with Crippen molar-refractivity contribution in [1.82, 2.24) is 0 Å². The second-order valence-corrected chi connectivity index (χ2v) is 6.21. The van der Waals surface area contributed by atoms with Crippen molar-refractivity contribution in [1.29, 1.82) is 0 Å². The van der Waals surface area contributed by atoms with Crippen molar-refractivity contribution >= 4 is 7.14 Å². The molecule has 1 nitrogen and oxygen atoms in total. The number of allylic oxidation sites excluding steroid dienone is 2. The Hall–Kier alpha value is -0.0300. The van der Waals surface area contributed by atoms with Crippen LogP contribution in [0, 0.1) is 0 Å². The van der Waals surface area contributed by atoms with Crippen LogP contribution >= 0.6 is 7.14 Å². The highest BCUT2D eigenvalue weighted by molar-refractivity contribution is 7.66. The van der Waals surface area contributed by atoms with Gasteiger partial charge in [-0.3, -0.25) is 0 Å². The molecule has 0 saturated carbocycles. The molecular weight excluding hydrogens is 131 g/mol. The summed E-state index contributed by atoms with van der Waals surface area (Å²) >= 11 is 0. The maximum Gasteiger partial charge on any atom is 0.105 e. The van der Waals surface area contributed by atoms with Gasteiger partial charge in [-0.1, -0.05) is 6.08 Å². The van der Waals surface area contributed by atoms with Crippen molar-refractivity contribution in [3.63, 3.8) is 0 Å². The molecule has 0 unspecified atom stereocenters. The first-order chi connectivity index (χ1) is 4.11. The van der Waals surface area contributed by atoms with Crippen LogP contribution in [-0.2, 0) is 4.57 Å². The summed E-state index contributed by atoms with van der Waals surface area (Å²) in [4.78, 5) is 0. The van der Waals surface area contributed by atoms with E-state index in [1.54, 1.807) is 0 Å². The second-order valence-electron chi connectivity index (χ2n) is 2.94. The first-order valence-corrected chi connectivity index (χ1v) is 5.95. The van der Waals surface area contributed by atoms with E-state index >= 15 is 0 Å². The zero-order valence-corrected chi connectivity index (χ0v) is 6.95. The summed E-state index contributed by atoms with van der Waals surface area (Å²) in [6.45, 7) is 3.70. The predicted octanol–water partition coefficient (Wildman–Crippen LogP) is 2.68. The normalized spacial score (nSPS) is 20.0. The van der Waals surface area contributed by atoms with Crippen molar-refractivity contribution in [2.75, 3.05) is 13.3 Å². The smallest absolute Gasteiger partial charge is 0.105 e.